The first-order valence-electron chi connectivity index (χ1n) is 7.21. The van der Waals surface area contributed by atoms with Gasteiger partial charge in [-0.2, -0.15) is 0 Å². The molecule has 124 valence electrons. The molecule has 1 aromatic heterocycles. The van der Waals surface area contributed by atoms with E-state index < -0.39 is 17.1 Å². The van der Waals surface area contributed by atoms with E-state index in [0.29, 0.717) is 17.0 Å². The van der Waals surface area contributed by atoms with E-state index in [1.165, 1.54) is 17.7 Å². The third kappa shape index (κ3) is 2.97. The van der Waals surface area contributed by atoms with E-state index in [0.717, 1.165) is 16.2 Å². The van der Waals surface area contributed by atoms with Crippen LogP contribution in [0.2, 0.25) is 10.0 Å². The molecule has 0 unspecified atom stereocenters. The third-order valence-electron chi connectivity index (χ3n) is 3.93. The number of rotatable bonds is 3. The van der Waals surface area contributed by atoms with Gasteiger partial charge in [0.15, 0.2) is 0 Å². The molecule has 4 nitrogen and oxygen atoms in total. The summed E-state index contributed by atoms with van der Waals surface area (Å²) in [6.45, 7) is 0.188. The number of aryl methyl sites for hydroxylation is 2. The van der Waals surface area contributed by atoms with E-state index in [2.05, 4.69) is 0 Å². The maximum Gasteiger partial charge on any atom is 0.331 e. The van der Waals surface area contributed by atoms with Crippen LogP contribution in [0.25, 0.3) is 10.9 Å². The van der Waals surface area contributed by atoms with Gasteiger partial charge < -0.3 is 0 Å². The van der Waals surface area contributed by atoms with Gasteiger partial charge in [0.2, 0.25) is 0 Å². The largest absolute Gasteiger partial charge is 0.331 e. The van der Waals surface area contributed by atoms with Crippen molar-refractivity contribution in [3.8, 4) is 0 Å². The Labute approximate surface area is 146 Å². The van der Waals surface area contributed by atoms with E-state index in [9.17, 15) is 14.0 Å². The number of nitrogens with zero attached hydrogens (tertiary/aromatic N) is 2. The Morgan fingerprint density at radius 3 is 2.42 bits per heavy atom. The molecule has 0 fully saturated rings. The summed E-state index contributed by atoms with van der Waals surface area (Å²) in [6.07, 6.45) is 0.480. The summed E-state index contributed by atoms with van der Waals surface area (Å²) in [5.41, 5.74) is 0.247. The van der Waals surface area contributed by atoms with Gasteiger partial charge in [0, 0.05) is 18.6 Å². The van der Waals surface area contributed by atoms with Crippen molar-refractivity contribution in [1.29, 1.82) is 0 Å². The van der Waals surface area contributed by atoms with E-state index in [1.807, 2.05) is 12.1 Å². The van der Waals surface area contributed by atoms with Gasteiger partial charge in [-0.15, -0.1) is 0 Å². The second-order valence-corrected chi connectivity index (χ2v) is 6.30. The molecule has 1 heterocycles. The smallest absolute Gasteiger partial charge is 0.296 e. The monoisotopic (exact) mass is 366 g/mol. The highest BCUT2D eigenvalue weighted by Gasteiger charge is 2.13. The van der Waals surface area contributed by atoms with Crippen molar-refractivity contribution < 1.29 is 4.39 Å². The van der Waals surface area contributed by atoms with Crippen LogP contribution in [0.3, 0.4) is 0 Å². The predicted octanol–water partition coefficient (Wildman–Crippen LogP) is 3.39. The Balaban J connectivity index is 2.08. The minimum absolute atomic E-state index is 0.120. The average molecular weight is 367 g/mol. The lowest BCUT2D eigenvalue weighted by Crippen LogP contribution is -2.39. The highest BCUT2D eigenvalue weighted by Crippen LogP contribution is 2.19. The number of hydrogen-bond acceptors (Lipinski definition) is 2. The Morgan fingerprint density at radius 1 is 1.08 bits per heavy atom. The van der Waals surface area contributed by atoms with Crippen LogP contribution in [0.1, 0.15) is 5.56 Å². The molecule has 0 saturated heterocycles. The lowest BCUT2D eigenvalue weighted by Gasteiger charge is -2.11. The van der Waals surface area contributed by atoms with E-state index in [-0.39, 0.29) is 17.0 Å². The SMILES string of the molecule is Cn1c(=O)n(CCc2ccc(Cl)cc2)c(=O)c2cc(F)c(Cl)cc21. The molecule has 3 aromatic rings. The summed E-state index contributed by atoms with van der Waals surface area (Å²) in [7, 11) is 1.52. The topological polar surface area (TPSA) is 44.0 Å². The molecule has 0 atom stereocenters. The standard InChI is InChI=1S/C17H13Cl2FN2O2/c1-21-15-9-13(19)14(20)8-12(15)16(23)22(17(21)24)7-6-10-2-4-11(18)5-3-10/h2-5,8-9H,6-7H2,1H3. The van der Waals surface area contributed by atoms with Crippen LogP contribution in [0, 0.1) is 5.82 Å². The zero-order valence-corrected chi connectivity index (χ0v) is 14.2. The molecule has 0 bridgehead atoms. The fraction of sp³-hybridized carbons (Fsp3) is 0.176. The van der Waals surface area contributed by atoms with E-state index in [1.54, 1.807) is 12.1 Å². The normalized spacial score (nSPS) is 11.2. The molecular weight excluding hydrogens is 354 g/mol. The first-order valence-corrected chi connectivity index (χ1v) is 7.97. The lowest BCUT2D eigenvalue weighted by molar-refractivity contribution is 0.601. The van der Waals surface area contributed by atoms with Gasteiger partial charge in [0.25, 0.3) is 5.56 Å². The van der Waals surface area contributed by atoms with Crippen molar-refractivity contribution >= 4 is 34.1 Å². The van der Waals surface area contributed by atoms with E-state index in [4.69, 9.17) is 23.2 Å². The Bertz CT molecular complexity index is 1040. The summed E-state index contributed by atoms with van der Waals surface area (Å²) in [5, 5.41) is 0.607. The number of aromatic nitrogens is 2. The summed E-state index contributed by atoms with van der Waals surface area (Å²) in [6, 6.07) is 9.51. The molecule has 0 spiro atoms. The molecule has 0 N–H and O–H groups in total. The van der Waals surface area contributed by atoms with Crippen molar-refractivity contribution in [3.05, 3.63) is 78.7 Å². The molecule has 0 aliphatic heterocycles. The number of benzene rings is 2. The Hall–Kier alpha value is -2.11. The molecule has 3 rings (SSSR count). The highest BCUT2D eigenvalue weighted by atomic mass is 35.5. The van der Waals surface area contributed by atoms with Crippen LogP contribution in [0.5, 0.6) is 0 Å². The summed E-state index contributed by atoms with van der Waals surface area (Å²) in [4.78, 5) is 25.0. The van der Waals surface area contributed by atoms with Crippen LogP contribution in [0.4, 0.5) is 4.39 Å². The molecular formula is C17H13Cl2FN2O2. The molecule has 24 heavy (non-hydrogen) atoms. The van der Waals surface area contributed by atoms with Gasteiger partial charge in [-0.05, 0) is 36.2 Å². The maximum absolute atomic E-state index is 13.7. The second-order valence-electron chi connectivity index (χ2n) is 5.46. The highest BCUT2D eigenvalue weighted by molar-refractivity contribution is 6.31. The molecule has 7 heteroatoms. The zero-order valence-electron chi connectivity index (χ0n) is 12.7. The molecule has 0 aliphatic rings. The van der Waals surface area contributed by atoms with Gasteiger partial charge >= 0.3 is 5.69 Å². The van der Waals surface area contributed by atoms with Gasteiger partial charge in [-0.3, -0.25) is 13.9 Å². The summed E-state index contributed by atoms with van der Waals surface area (Å²) in [5.74, 6) is -0.691. The number of fused-ring (bicyclic) bond motifs is 1. The molecule has 0 radical (unpaired) electrons. The minimum atomic E-state index is -0.691. The fourth-order valence-corrected chi connectivity index (χ4v) is 2.87. The fourth-order valence-electron chi connectivity index (χ4n) is 2.59. The zero-order chi connectivity index (χ0) is 17.4. The quantitative estimate of drug-likeness (QED) is 0.712. The lowest BCUT2D eigenvalue weighted by atomic mass is 10.1. The van der Waals surface area contributed by atoms with Gasteiger partial charge in [-0.25, -0.2) is 9.18 Å². The van der Waals surface area contributed by atoms with Crippen LogP contribution in [-0.2, 0) is 20.0 Å². The summed E-state index contributed by atoms with van der Waals surface area (Å²) >= 11 is 11.6. The first-order chi connectivity index (χ1) is 11.4. The number of hydrogen-bond donors (Lipinski definition) is 0. The second kappa shape index (κ2) is 6.42. The molecule has 0 saturated carbocycles. The number of halogens is 3. The van der Waals surface area contributed by atoms with Gasteiger partial charge in [0.1, 0.15) is 5.82 Å². The Morgan fingerprint density at radius 2 is 1.75 bits per heavy atom. The van der Waals surface area contributed by atoms with Gasteiger partial charge in [-0.1, -0.05) is 35.3 Å². The van der Waals surface area contributed by atoms with Crippen LogP contribution < -0.4 is 11.2 Å². The van der Waals surface area contributed by atoms with Crippen molar-refractivity contribution in [1.82, 2.24) is 9.13 Å². The van der Waals surface area contributed by atoms with Crippen LogP contribution in [-0.4, -0.2) is 9.13 Å². The maximum atomic E-state index is 13.7. The van der Waals surface area contributed by atoms with Crippen molar-refractivity contribution in [2.24, 2.45) is 7.05 Å². The predicted molar refractivity (Wildman–Crippen MR) is 93.6 cm³/mol. The summed E-state index contributed by atoms with van der Waals surface area (Å²) < 4.78 is 16.1. The van der Waals surface area contributed by atoms with E-state index >= 15 is 0 Å². The van der Waals surface area contributed by atoms with Crippen molar-refractivity contribution in [2.75, 3.05) is 0 Å². The molecule has 0 amide bonds. The molecule has 0 aliphatic carbocycles. The van der Waals surface area contributed by atoms with Crippen LogP contribution in [0.15, 0.2) is 46.0 Å². The third-order valence-corrected chi connectivity index (χ3v) is 4.47. The molecule has 2 aromatic carbocycles. The Kier molecular flexibility index (Phi) is 4.47. The average Bonchev–Trinajstić information content (AvgIpc) is 2.56. The van der Waals surface area contributed by atoms with Crippen molar-refractivity contribution in [2.45, 2.75) is 13.0 Å². The van der Waals surface area contributed by atoms with Gasteiger partial charge in [0.05, 0.1) is 15.9 Å². The van der Waals surface area contributed by atoms with Crippen LogP contribution >= 0.6 is 23.2 Å². The minimum Gasteiger partial charge on any atom is -0.296 e. The first kappa shape index (κ1) is 16.7. The van der Waals surface area contributed by atoms with Crippen molar-refractivity contribution in [3.63, 3.8) is 0 Å².